The van der Waals surface area contributed by atoms with Gasteiger partial charge in [0.1, 0.15) is 11.8 Å². The van der Waals surface area contributed by atoms with Gasteiger partial charge in [0.2, 0.25) is 0 Å². The molecule has 0 bridgehead atoms. The Morgan fingerprint density at radius 3 is 2.92 bits per heavy atom. The molecule has 66 valence electrons. The minimum Gasteiger partial charge on any atom is -0.480 e. The van der Waals surface area contributed by atoms with E-state index in [2.05, 4.69) is 10.3 Å². The fraction of sp³-hybridized carbons (Fsp3) is 0.429. The summed E-state index contributed by atoms with van der Waals surface area (Å²) < 4.78 is 5.02. The molecular weight excluding hydrogens is 160 g/mol. The van der Waals surface area contributed by atoms with Crippen LogP contribution < -0.4 is 5.32 Å². The fourth-order valence-electron chi connectivity index (χ4n) is 0.668. The van der Waals surface area contributed by atoms with Crippen molar-refractivity contribution in [3.8, 4) is 0 Å². The van der Waals surface area contributed by atoms with E-state index in [0.29, 0.717) is 5.76 Å². The molecule has 5 heteroatoms. The standard InChI is InChI=1S/C7H10N2O3/c1-4-3-8-7(12-4)9-5(2)6(10)11/h3,5H,1-2H3,(H,8,9)(H,10,11). The van der Waals surface area contributed by atoms with Crippen molar-refractivity contribution in [3.63, 3.8) is 0 Å². The highest BCUT2D eigenvalue weighted by molar-refractivity contribution is 5.75. The number of carbonyl (C=O) groups is 1. The zero-order valence-electron chi connectivity index (χ0n) is 6.87. The predicted octanol–water partition coefficient (Wildman–Crippen LogP) is 0.868. The van der Waals surface area contributed by atoms with Gasteiger partial charge in [-0.1, -0.05) is 0 Å². The number of hydrogen-bond acceptors (Lipinski definition) is 4. The van der Waals surface area contributed by atoms with E-state index in [4.69, 9.17) is 9.52 Å². The van der Waals surface area contributed by atoms with Gasteiger partial charge in [-0.25, -0.2) is 4.98 Å². The maximum Gasteiger partial charge on any atom is 0.325 e. The smallest absolute Gasteiger partial charge is 0.325 e. The van der Waals surface area contributed by atoms with Crippen molar-refractivity contribution in [2.45, 2.75) is 19.9 Å². The van der Waals surface area contributed by atoms with Crippen molar-refractivity contribution in [2.24, 2.45) is 0 Å². The van der Waals surface area contributed by atoms with Crippen LogP contribution in [0.15, 0.2) is 10.6 Å². The molecule has 0 aliphatic rings. The van der Waals surface area contributed by atoms with Crippen molar-refractivity contribution in [1.29, 1.82) is 0 Å². The van der Waals surface area contributed by atoms with Gasteiger partial charge >= 0.3 is 5.97 Å². The fourth-order valence-corrected chi connectivity index (χ4v) is 0.668. The summed E-state index contributed by atoms with van der Waals surface area (Å²) in [5.74, 6) is -0.291. The van der Waals surface area contributed by atoms with Gasteiger partial charge in [-0.3, -0.25) is 4.79 Å². The molecule has 0 amide bonds. The first-order valence-electron chi connectivity index (χ1n) is 3.51. The third kappa shape index (κ3) is 1.98. The van der Waals surface area contributed by atoms with Crippen molar-refractivity contribution in [1.82, 2.24) is 4.98 Å². The predicted molar refractivity (Wildman–Crippen MR) is 42.0 cm³/mol. The molecule has 1 rings (SSSR count). The van der Waals surface area contributed by atoms with Crippen LogP contribution in [0.3, 0.4) is 0 Å². The van der Waals surface area contributed by atoms with E-state index in [-0.39, 0.29) is 6.01 Å². The highest BCUT2D eigenvalue weighted by atomic mass is 16.4. The Morgan fingerprint density at radius 1 is 1.83 bits per heavy atom. The number of nitrogens with zero attached hydrogens (tertiary/aromatic N) is 1. The van der Waals surface area contributed by atoms with Gasteiger partial charge in [-0.2, -0.15) is 0 Å². The second-order valence-electron chi connectivity index (χ2n) is 2.48. The molecule has 0 aliphatic heterocycles. The lowest BCUT2D eigenvalue weighted by atomic mass is 10.4. The van der Waals surface area contributed by atoms with Gasteiger partial charge in [-0.05, 0) is 13.8 Å². The normalized spacial score (nSPS) is 12.5. The highest BCUT2D eigenvalue weighted by Gasteiger charge is 2.12. The summed E-state index contributed by atoms with van der Waals surface area (Å²) in [5.41, 5.74) is 0. The summed E-state index contributed by atoms with van der Waals surface area (Å²) in [5, 5.41) is 11.1. The molecule has 0 radical (unpaired) electrons. The zero-order chi connectivity index (χ0) is 9.14. The number of aromatic nitrogens is 1. The molecule has 1 unspecified atom stereocenters. The Hall–Kier alpha value is -1.52. The van der Waals surface area contributed by atoms with Crippen molar-refractivity contribution in [3.05, 3.63) is 12.0 Å². The quantitative estimate of drug-likeness (QED) is 0.703. The number of aliphatic carboxylic acids is 1. The molecule has 1 heterocycles. The number of carboxylic acids is 1. The maximum absolute atomic E-state index is 10.4. The molecule has 5 nitrogen and oxygen atoms in total. The number of carboxylic acid groups (broad SMARTS) is 1. The topological polar surface area (TPSA) is 75.4 Å². The molecule has 0 aromatic carbocycles. The van der Waals surface area contributed by atoms with Crippen LogP contribution in [0.1, 0.15) is 12.7 Å². The van der Waals surface area contributed by atoms with Gasteiger partial charge in [0.05, 0.1) is 6.20 Å². The molecule has 0 saturated heterocycles. The van der Waals surface area contributed by atoms with Crippen molar-refractivity contribution >= 4 is 12.0 Å². The van der Waals surface area contributed by atoms with E-state index in [1.165, 1.54) is 13.1 Å². The van der Waals surface area contributed by atoms with Crippen LogP contribution in [0.4, 0.5) is 6.01 Å². The van der Waals surface area contributed by atoms with Crippen molar-refractivity contribution in [2.75, 3.05) is 5.32 Å². The number of oxazole rings is 1. The SMILES string of the molecule is Cc1cnc(NC(C)C(=O)O)o1. The molecule has 2 N–H and O–H groups in total. The van der Waals surface area contributed by atoms with Crippen LogP contribution in [0, 0.1) is 6.92 Å². The Balaban J connectivity index is 2.58. The summed E-state index contributed by atoms with van der Waals surface area (Å²) in [6.45, 7) is 3.26. The molecular formula is C7H10N2O3. The number of aryl methyl sites for hydroxylation is 1. The average Bonchev–Trinajstić information content (AvgIpc) is 2.35. The molecule has 0 spiro atoms. The number of hydrogen-bond donors (Lipinski definition) is 2. The lowest BCUT2D eigenvalue weighted by Gasteiger charge is -2.04. The Morgan fingerprint density at radius 2 is 2.50 bits per heavy atom. The summed E-state index contributed by atoms with van der Waals surface area (Å²) in [6.07, 6.45) is 1.52. The number of rotatable bonds is 3. The van der Waals surface area contributed by atoms with Crippen LogP contribution in [0.5, 0.6) is 0 Å². The molecule has 0 fully saturated rings. The Labute approximate surface area is 69.4 Å². The van der Waals surface area contributed by atoms with Crippen LogP contribution in [-0.4, -0.2) is 22.1 Å². The highest BCUT2D eigenvalue weighted by Crippen LogP contribution is 2.07. The lowest BCUT2D eigenvalue weighted by Crippen LogP contribution is -2.25. The van der Waals surface area contributed by atoms with Crippen LogP contribution in [0.2, 0.25) is 0 Å². The van der Waals surface area contributed by atoms with E-state index in [9.17, 15) is 4.79 Å². The molecule has 1 aromatic rings. The second kappa shape index (κ2) is 3.25. The lowest BCUT2D eigenvalue weighted by molar-refractivity contribution is -0.137. The van der Waals surface area contributed by atoms with Gasteiger partial charge < -0.3 is 14.8 Å². The zero-order valence-corrected chi connectivity index (χ0v) is 6.87. The molecule has 1 aromatic heterocycles. The molecule has 0 aliphatic carbocycles. The van der Waals surface area contributed by atoms with Crippen molar-refractivity contribution < 1.29 is 14.3 Å². The van der Waals surface area contributed by atoms with E-state index in [1.807, 2.05) is 0 Å². The van der Waals surface area contributed by atoms with Crippen LogP contribution in [0.25, 0.3) is 0 Å². The second-order valence-corrected chi connectivity index (χ2v) is 2.48. The third-order valence-electron chi connectivity index (χ3n) is 1.33. The van der Waals surface area contributed by atoms with Crippen LogP contribution >= 0.6 is 0 Å². The Bertz CT molecular complexity index is 282. The number of anilines is 1. The van der Waals surface area contributed by atoms with E-state index >= 15 is 0 Å². The first-order valence-corrected chi connectivity index (χ1v) is 3.51. The van der Waals surface area contributed by atoms with Gasteiger partial charge in [0.15, 0.2) is 0 Å². The summed E-state index contributed by atoms with van der Waals surface area (Å²) in [6, 6.07) is -0.453. The first kappa shape index (κ1) is 8.58. The third-order valence-corrected chi connectivity index (χ3v) is 1.33. The first-order chi connectivity index (χ1) is 5.59. The maximum atomic E-state index is 10.4. The van der Waals surface area contributed by atoms with E-state index < -0.39 is 12.0 Å². The minimum absolute atomic E-state index is 0.238. The summed E-state index contributed by atoms with van der Waals surface area (Å²) >= 11 is 0. The summed E-state index contributed by atoms with van der Waals surface area (Å²) in [4.78, 5) is 14.2. The van der Waals surface area contributed by atoms with Crippen LogP contribution in [-0.2, 0) is 4.79 Å². The van der Waals surface area contributed by atoms with E-state index in [1.54, 1.807) is 6.92 Å². The molecule has 12 heavy (non-hydrogen) atoms. The monoisotopic (exact) mass is 170 g/mol. The summed E-state index contributed by atoms with van der Waals surface area (Å²) in [7, 11) is 0. The molecule has 1 atom stereocenters. The van der Waals surface area contributed by atoms with E-state index in [0.717, 1.165) is 0 Å². The Kier molecular flexibility index (Phi) is 2.32. The van der Waals surface area contributed by atoms with Gasteiger partial charge in [0.25, 0.3) is 6.01 Å². The largest absolute Gasteiger partial charge is 0.480 e. The average molecular weight is 170 g/mol. The minimum atomic E-state index is -0.939. The molecule has 0 saturated carbocycles. The number of nitrogens with one attached hydrogen (secondary N) is 1. The van der Waals surface area contributed by atoms with Gasteiger partial charge in [0, 0.05) is 0 Å². The van der Waals surface area contributed by atoms with Gasteiger partial charge in [-0.15, -0.1) is 0 Å².